The fourth-order valence-corrected chi connectivity index (χ4v) is 1.27. The summed E-state index contributed by atoms with van der Waals surface area (Å²) in [6.45, 7) is 0. The van der Waals surface area contributed by atoms with Gasteiger partial charge in [-0.1, -0.05) is 11.6 Å². The zero-order chi connectivity index (χ0) is 10.7. The lowest BCUT2D eigenvalue weighted by atomic mass is 10.1. The van der Waals surface area contributed by atoms with Crippen LogP contribution in [0.4, 0.5) is 8.78 Å². The number of hydrogen-bond donors (Lipinski definition) is 1. The number of carboxylic acid groups (broad SMARTS) is 1. The van der Waals surface area contributed by atoms with Gasteiger partial charge in [0.1, 0.15) is 5.82 Å². The highest BCUT2D eigenvalue weighted by molar-refractivity contribution is 6.30. The van der Waals surface area contributed by atoms with Crippen LogP contribution in [0.3, 0.4) is 0 Å². The van der Waals surface area contributed by atoms with Crippen LogP contribution in [0.25, 0.3) is 0 Å². The van der Waals surface area contributed by atoms with E-state index in [0.29, 0.717) is 0 Å². The molecule has 0 aromatic heterocycles. The SMILES string of the molecule is O=C(O)[C@@H](F)Cc1cc(F)cc(Cl)c1. The van der Waals surface area contributed by atoms with Crippen LogP contribution in [0, 0.1) is 5.82 Å². The van der Waals surface area contributed by atoms with Gasteiger partial charge >= 0.3 is 5.97 Å². The minimum atomic E-state index is -2.03. The summed E-state index contributed by atoms with van der Waals surface area (Å²) in [6.07, 6.45) is -2.42. The Morgan fingerprint density at radius 1 is 1.50 bits per heavy atom. The van der Waals surface area contributed by atoms with E-state index in [1.165, 1.54) is 6.07 Å². The third-order valence-corrected chi connectivity index (χ3v) is 1.82. The maximum absolute atomic E-state index is 12.7. The van der Waals surface area contributed by atoms with E-state index >= 15 is 0 Å². The van der Waals surface area contributed by atoms with Crippen LogP contribution in [0.2, 0.25) is 5.02 Å². The smallest absolute Gasteiger partial charge is 0.338 e. The highest BCUT2D eigenvalue weighted by atomic mass is 35.5. The second kappa shape index (κ2) is 4.37. The van der Waals surface area contributed by atoms with Crippen LogP contribution < -0.4 is 0 Å². The first kappa shape index (κ1) is 10.9. The molecule has 0 amide bonds. The summed E-state index contributed by atoms with van der Waals surface area (Å²) in [5.41, 5.74) is 0.227. The van der Waals surface area contributed by atoms with Crippen molar-refractivity contribution in [3.05, 3.63) is 34.6 Å². The van der Waals surface area contributed by atoms with E-state index in [-0.39, 0.29) is 17.0 Å². The molecule has 0 bridgehead atoms. The van der Waals surface area contributed by atoms with Crippen molar-refractivity contribution in [1.29, 1.82) is 0 Å². The zero-order valence-corrected chi connectivity index (χ0v) is 7.76. The average molecular weight is 221 g/mol. The molecule has 0 radical (unpaired) electrons. The Morgan fingerprint density at radius 2 is 2.14 bits per heavy atom. The minimum Gasteiger partial charge on any atom is -0.479 e. The average Bonchev–Trinajstić information content (AvgIpc) is 2.01. The molecule has 0 fully saturated rings. The summed E-state index contributed by atoms with van der Waals surface area (Å²) in [6, 6.07) is 3.46. The quantitative estimate of drug-likeness (QED) is 0.850. The molecule has 5 heteroatoms. The molecule has 0 aliphatic carbocycles. The number of rotatable bonds is 3. The monoisotopic (exact) mass is 220 g/mol. The molecule has 1 aromatic carbocycles. The van der Waals surface area contributed by atoms with Gasteiger partial charge in [0, 0.05) is 11.4 Å². The summed E-state index contributed by atoms with van der Waals surface area (Å²) in [7, 11) is 0. The summed E-state index contributed by atoms with van der Waals surface area (Å²) in [4.78, 5) is 10.2. The number of hydrogen-bond acceptors (Lipinski definition) is 1. The highest BCUT2D eigenvalue weighted by Gasteiger charge is 2.16. The van der Waals surface area contributed by atoms with Gasteiger partial charge in [-0.25, -0.2) is 13.6 Å². The van der Waals surface area contributed by atoms with Gasteiger partial charge in [-0.05, 0) is 23.8 Å². The molecule has 0 heterocycles. The van der Waals surface area contributed by atoms with Crippen molar-refractivity contribution >= 4 is 17.6 Å². The normalized spacial score (nSPS) is 12.5. The largest absolute Gasteiger partial charge is 0.479 e. The third kappa shape index (κ3) is 2.96. The molecule has 0 saturated heterocycles. The van der Waals surface area contributed by atoms with Crippen molar-refractivity contribution < 1.29 is 18.7 Å². The van der Waals surface area contributed by atoms with E-state index in [4.69, 9.17) is 16.7 Å². The standard InChI is InChI=1S/C9H7ClF2O2/c10-6-1-5(2-7(11)4-6)3-8(12)9(13)14/h1-2,4,8H,3H2,(H,13,14)/t8-/m0/s1. The molecule has 0 saturated carbocycles. The Morgan fingerprint density at radius 3 is 2.64 bits per heavy atom. The molecular formula is C9H7ClF2O2. The Kier molecular flexibility index (Phi) is 3.41. The summed E-state index contributed by atoms with van der Waals surface area (Å²) in [5.74, 6) is -2.17. The number of aliphatic carboxylic acids is 1. The van der Waals surface area contributed by atoms with Gasteiger partial charge in [-0.2, -0.15) is 0 Å². The van der Waals surface area contributed by atoms with Crippen LogP contribution in [0.15, 0.2) is 18.2 Å². The minimum absolute atomic E-state index is 0.123. The lowest BCUT2D eigenvalue weighted by molar-refractivity contribution is -0.142. The van der Waals surface area contributed by atoms with E-state index in [2.05, 4.69) is 0 Å². The molecule has 1 N–H and O–H groups in total. The first-order valence-electron chi connectivity index (χ1n) is 3.81. The third-order valence-electron chi connectivity index (χ3n) is 1.61. The van der Waals surface area contributed by atoms with E-state index in [0.717, 1.165) is 12.1 Å². The van der Waals surface area contributed by atoms with Crippen LogP contribution in [-0.2, 0) is 11.2 Å². The number of carbonyl (C=O) groups is 1. The van der Waals surface area contributed by atoms with Gasteiger partial charge in [0.05, 0.1) is 0 Å². The summed E-state index contributed by atoms with van der Waals surface area (Å²) < 4.78 is 25.4. The number of alkyl halides is 1. The number of halogens is 3. The van der Waals surface area contributed by atoms with E-state index in [1.54, 1.807) is 0 Å². The Labute approximate surface area is 84.1 Å². The molecule has 0 aliphatic heterocycles. The van der Waals surface area contributed by atoms with E-state index in [9.17, 15) is 13.6 Å². The lowest BCUT2D eigenvalue weighted by Gasteiger charge is -2.03. The molecule has 0 unspecified atom stereocenters. The first-order valence-corrected chi connectivity index (χ1v) is 4.18. The van der Waals surface area contributed by atoms with Crippen molar-refractivity contribution in [3.8, 4) is 0 Å². The fourth-order valence-electron chi connectivity index (χ4n) is 1.02. The van der Waals surface area contributed by atoms with Crippen molar-refractivity contribution in [2.75, 3.05) is 0 Å². The fraction of sp³-hybridized carbons (Fsp3) is 0.222. The lowest BCUT2D eigenvalue weighted by Crippen LogP contribution is -2.17. The number of carboxylic acids is 1. The molecule has 2 nitrogen and oxygen atoms in total. The van der Waals surface area contributed by atoms with Gasteiger partial charge in [0.2, 0.25) is 6.17 Å². The van der Waals surface area contributed by atoms with E-state index < -0.39 is 18.0 Å². The maximum atomic E-state index is 12.7. The molecule has 1 rings (SSSR count). The molecule has 0 spiro atoms. The molecular weight excluding hydrogens is 214 g/mol. The zero-order valence-electron chi connectivity index (χ0n) is 7.01. The Bertz CT molecular complexity index is 334. The molecule has 76 valence electrons. The van der Waals surface area contributed by atoms with Crippen LogP contribution in [0.5, 0.6) is 0 Å². The van der Waals surface area contributed by atoms with Crippen LogP contribution >= 0.6 is 11.6 Å². The second-order valence-corrected chi connectivity index (χ2v) is 3.22. The van der Waals surface area contributed by atoms with Gasteiger partial charge in [-0.15, -0.1) is 0 Å². The molecule has 14 heavy (non-hydrogen) atoms. The summed E-state index contributed by atoms with van der Waals surface area (Å²) >= 11 is 5.50. The van der Waals surface area contributed by atoms with Gasteiger partial charge in [-0.3, -0.25) is 0 Å². The number of benzene rings is 1. The topological polar surface area (TPSA) is 37.3 Å². The van der Waals surface area contributed by atoms with Crippen molar-refractivity contribution in [3.63, 3.8) is 0 Å². The Hall–Kier alpha value is -1.16. The molecule has 1 aromatic rings. The van der Waals surface area contributed by atoms with Crippen LogP contribution in [0.1, 0.15) is 5.56 Å². The van der Waals surface area contributed by atoms with E-state index in [1.807, 2.05) is 0 Å². The predicted molar refractivity (Wildman–Crippen MR) is 47.6 cm³/mol. The van der Waals surface area contributed by atoms with Crippen molar-refractivity contribution in [2.45, 2.75) is 12.6 Å². The van der Waals surface area contributed by atoms with Gasteiger partial charge in [0.15, 0.2) is 0 Å². The summed E-state index contributed by atoms with van der Waals surface area (Å²) in [5, 5.41) is 8.40. The Balaban J connectivity index is 2.81. The highest BCUT2D eigenvalue weighted by Crippen LogP contribution is 2.16. The van der Waals surface area contributed by atoms with Crippen molar-refractivity contribution in [2.24, 2.45) is 0 Å². The van der Waals surface area contributed by atoms with Crippen LogP contribution in [-0.4, -0.2) is 17.2 Å². The first-order chi connectivity index (χ1) is 6.49. The maximum Gasteiger partial charge on any atom is 0.338 e. The molecule has 0 aliphatic rings. The second-order valence-electron chi connectivity index (χ2n) is 2.79. The predicted octanol–water partition coefficient (Wildman–Crippen LogP) is 2.44. The van der Waals surface area contributed by atoms with Gasteiger partial charge < -0.3 is 5.11 Å². The molecule has 1 atom stereocenters. The van der Waals surface area contributed by atoms with Crippen molar-refractivity contribution in [1.82, 2.24) is 0 Å². The van der Waals surface area contributed by atoms with Gasteiger partial charge in [0.25, 0.3) is 0 Å².